The minimum absolute atomic E-state index is 0. The topological polar surface area (TPSA) is 36.4 Å². The third kappa shape index (κ3) is 5.61. The lowest BCUT2D eigenvalue weighted by Gasteiger charge is -2.16. The first kappa shape index (κ1) is 19.5. The van der Waals surface area contributed by atoms with Gasteiger partial charge in [0, 0.05) is 24.3 Å². The predicted molar refractivity (Wildman–Crippen MR) is 105 cm³/mol. The summed E-state index contributed by atoms with van der Waals surface area (Å²) in [4.78, 5) is 4.69. The molecule has 6 heteroatoms. The van der Waals surface area contributed by atoms with Gasteiger partial charge in [0.2, 0.25) is 0 Å². The van der Waals surface area contributed by atoms with E-state index < -0.39 is 0 Å². The lowest BCUT2D eigenvalue weighted by molar-refractivity contribution is 0.616. The maximum absolute atomic E-state index is 13.4. The average Bonchev–Trinajstić information content (AvgIpc) is 3.26. The fraction of sp³-hybridized carbons (Fsp3) is 0.562. The normalized spacial score (nSPS) is 15.9. The smallest absolute Gasteiger partial charge is 0.191 e. The van der Waals surface area contributed by atoms with Gasteiger partial charge in [-0.2, -0.15) is 11.8 Å². The summed E-state index contributed by atoms with van der Waals surface area (Å²) in [6, 6.07) is 6.95. The van der Waals surface area contributed by atoms with Gasteiger partial charge in [-0.3, -0.25) is 4.99 Å². The number of benzene rings is 1. The number of nitrogens with one attached hydrogen (secondary N) is 2. The lowest BCUT2D eigenvalue weighted by atomic mass is 9.96. The Labute approximate surface area is 154 Å². The van der Waals surface area contributed by atoms with Crippen molar-refractivity contribution in [3.8, 4) is 0 Å². The molecular formula is C16H25FIN3S. The van der Waals surface area contributed by atoms with Gasteiger partial charge in [-0.15, -0.1) is 24.0 Å². The van der Waals surface area contributed by atoms with Crippen LogP contribution in [0.15, 0.2) is 29.3 Å². The highest BCUT2D eigenvalue weighted by Gasteiger charge is 2.44. The Morgan fingerprint density at radius 2 is 2.14 bits per heavy atom. The van der Waals surface area contributed by atoms with Crippen molar-refractivity contribution >= 4 is 41.7 Å². The van der Waals surface area contributed by atoms with Crippen LogP contribution in [0.25, 0.3) is 0 Å². The van der Waals surface area contributed by atoms with E-state index in [1.807, 2.05) is 17.8 Å². The molecule has 0 heterocycles. The summed E-state index contributed by atoms with van der Waals surface area (Å²) < 4.78 is 13.4. The van der Waals surface area contributed by atoms with E-state index in [-0.39, 0.29) is 35.2 Å². The second kappa shape index (κ2) is 9.60. The van der Waals surface area contributed by atoms with E-state index in [0.717, 1.165) is 43.2 Å². The minimum atomic E-state index is -0.159. The maximum Gasteiger partial charge on any atom is 0.191 e. The Bertz CT molecular complexity index is 492. The third-order valence-electron chi connectivity index (χ3n) is 3.77. The lowest BCUT2D eigenvalue weighted by Crippen LogP contribution is -2.39. The van der Waals surface area contributed by atoms with E-state index in [1.165, 1.54) is 6.07 Å². The number of rotatable bonds is 7. The van der Waals surface area contributed by atoms with Gasteiger partial charge in [0.15, 0.2) is 5.96 Å². The minimum Gasteiger partial charge on any atom is -0.357 e. The summed E-state index contributed by atoms with van der Waals surface area (Å²) in [7, 11) is 0. The van der Waals surface area contributed by atoms with E-state index >= 15 is 0 Å². The van der Waals surface area contributed by atoms with Gasteiger partial charge in [-0.05, 0) is 43.7 Å². The molecule has 0 atom stereocenters. The molecule has 0 aromatic heterocycles. The number of aliphatic imine (C=N–C) groups is 1. The summed E-state index contributed by atoms with van der Waals surface area (Å²) >= 11 is 1.81. The summed E-state index contributed by atoms with van der Waals surface area (Å²) in [5, 5.41) is 6.59. The first-order chi connectivity index (χ1) is 10.2. The Kier molecular flexibility index (Phi) is 8.53. The highest BCUT2D eigenvalue weighted by Crippen LogP contribution is 2.48. The summed E-state index contributed by atoms with van der Waals surface area (Å²) in [5.41, 5.74) is 1.12. The Morgan fingerprint density at radius 3 is 2.73 bits per heavy atom. The Balaban J connectivity index is 0.00000242. The first-order valence-corrected chi connectivity index (χ1v) is 8.87. The molecule has 1 fully saturated rings. The number of thioether (sulfide) groups is 1. The van der Waals surface area contributed by atoms with Crippen molar-refractivity contribution in [3.05, 3.63) is 35.6 Å². The quantitative estimate of drug-likeness (QED) is 0.297. The zero-order chi connectivity index (χ0) is 15.1. The summed E-state index contributed by atoms with van der Waals surface area (Å²) in [6.07, 6.45) is 4.27. The van der Waals surface area contributed by atoms with Gasteiger partial charge in [-0.1, -0.05) is 12.1 Å². The standard InChI is InChI=1S/C16H24FN3S.HI/c1-3-18-15(19-9-10-21-2)20-12-16(7-8-16)13-5-4-6-14(17)11-13;/h4-6,11H,3,7-10,12H2,1-2H3,(H2,18,19,20);1H. The number of nitrogens with zero attached hydrogens (tertiary/aromatic N) is 1. The predicted octanol–water partition coefficient (Wildman–Crippen LogP) is 3.39. The molecule has 1 saturated carbocycles. The first-order valence-electron chi connectivity index (χ1n) is 7.47. The molecule has 0 saturated heterocycles. The van der Waals surface area contributed by atoms with Gasteiger partial charge < -0.3 is 10.6 Å². The van der Waals surface area contributed by atoms with Gasteiger partial charge in [-0.25, -0.2) is 4.39 Å². The molecule has 1 aliphatic carbocycles. The number of hydrogen-bond donors (Lipinski definition) is 2. The van der Waals surface area contributed by atoms with Gasteiger partial charge >= 0.3 is 0 Å². The fourth-order valence-corrected chi connectivity index (χ4v) is 2.66. The van der Waals surface area contributed by atoms with Crippen molar-refractivity contribution in [1.82, 2.24) is 10.6 Å². The van der Waals surface area contributed by atoms with Crippen LogP contribution < -0.4 is 10.6 Å². The highest BCUT2D eigenvalue weighted by molar-refractivity contribution is 14.0. The number of hydrogen-bond acceptors (Lipinski definition) is 2. The Hall–Kier alpha value is -0.500. The second-order valence-corrected chi connectivity index (χ2v) is 6.39. The molecule has 0 amide bonds. The molecule has 2 N–H and O–H groups in total. The van der Waals surface area contributed by atoms with Crippen molar-refractivity contribution in [1.29, 1.82) is 0 Å². The summed E-state index contributed by atoms with van der Waals surface area (Å²) in [5.74, 6) is 1.75. The van der Waals surface area contributed by atoms with E-state index in [1.54, 1.807) is 12.1 Å². The van der Waals surface area contributed by atoms with Crippen LogP contribution in [0, 0.1) is 5.82 Å². The average molecular weight is 437 g/mol. The van der Waals surface area contributed by atoms with E-state index in [9.17, 15) is 4.39 Å². The molecule has 2 rings (SSSR count). The largest absolute Gasteiger partial charge is 0.357 e. The second-order valence-electron chi connectivity index (χ2n) is 5.41. The zero-order valence-corrected chi connectivity index (χ0v) is 16.3. The number of halogens is 2. The van der Waals surface area contributed by atoms with E-state index in [4.69, 9.17) is 0 Å². The van der Waals surface area contributed by atoms with Crippen LogP contribution in [-0.2, 0) is 5.41 Å². The zero-order valence-electron chi connectivity index (χ0n) is 13.2. The monoisotopic (exact) mass is 437 g/mol. The molecule has 1 aromatic carbocycles. The molecule has 124 valence electrons. The maximum atomic E-state index is 13.4. The molecule has 1 aliphatic rings. The van der Waals surface area contributed by atoms with E-state index in [0.29, 0.717) is 6.54 Å². The van der Waals surface area contributed by atoms with Gasteiger partial charge in [0.05, 0.1) is 6.54 Å². The van der Waals surface area contributed by atoms with Crippen LogP contribution >= 0.6 is 35.7 Å². The molecule has 0 radical (unpaired) electrons. The van der Waals surface area contributed by atoms with Gasteiger partial charge in [0.1, 0.15) is 5.82 Å². The number of guanidine groups is 1. The van der Waals surface area contributed by atoms with Crippen molar-refractivity contribution in [2.75, 3.05) is 31.6 Å². The van der Waals surface area contributed by atoms with Crippen molar-refractivity contribution < 1.29 is 4.39 Å². The van der Waals surface area contributed by atoms with Crippen LogP contribution in [-0.4, -0.2) is 37.6 Å². The molecule has 3 nitrogen and oxygen atoms in total. The van der Waals surface area contributed by atoms with E-state index in [2.05, 4.69) is 28.8 Å². The third-order valence-corrected chi connectivity index (χ3v) is 4.39. The summed E-state index contributed by atoms with van der Waals surface area (Å²) in [6.45, 7) is 4.52. The van der Waals surface area contributed by atoms with Crippen LogP contribution in [0.2, 0.25) is 0 Å². The highest BCUT2D eigenvalue weighted by atomic mass is 127. The van der Waals surface area contributed by atoms with Crippen LogP contribution in [0.1, 0.15) is 25.3 Å². The van der Waals surface area contributed by atoms with Crippen molar-refractivity contribution in [2.45, 2.75) is 25.2 Å². The fourth-order valence-electron chi connectivity index (χ4n) is 2.35. The van der Waals surface area contributed by atoms with Crippen molar-refractivity contribution in [2.24, 2.45) is 4.99 Å². The van der Waals surface area contributed by atoms with Crippen LogP contribution in [0.3, 0.4) is 0 Å². The molecular weight excluding hydrogens is 412 g/mol. The molecule has 1 aromatic rings. The van der Waals surface area contributed by atoms with Crippen molar-refractivity contribution in [3.63, 3.8) is 0 Å². The molecule has 22 heavy (non-hydrogen) atoms. The molecule has 0 unspecified atom stereocenters. The van der Waals surface area contributed by atoms with Gasteiger partial charge in [0.25, 0.3) is 0 Å². The Morgan fingerprint density at radius 1 is 1.36 bits per heavy atom. The van der Waals surface area contributed by atoms with Crippen LogP contribution in [0.4, 0.5) is 4.39 Å². The molecule has 0 spiro atoms. The molecule has 0 bridgehead atoms. The molecule has 0 aliphatic heterocycles. The van der Waals surface area contributed by atoms with Crippen LogP contribution in [0.5, 0.6) is 0 Å². The SMILES string of the molecule is CCNC(=NCC1(c2cccc(F)c2)CC1)NCCSC.I.